The minimum Gasteiger partial charge on any atom is -0.494 e. The fraction of sp³-hybridized carbons (Fsp3) is 0.381. The highest BCUT2D eigenvalue weighted by Gasteiger charge is 2.19. The van der Waals surface area contributed by atoms with Crippen molar-refractivity contribution in [1.82, 2.24) is 9.55 Å². The topological polar surface area (TPSA) is 47.3 Å². The molecule has 1 N–H and O–H groups in total. The number of rotatable bonds is 7. The Labute approximate surface area is 159 Å². The lowest BCUT2D eigenvalue weighted by atomic mass is 10.0. The van der Waals surface area contributed by atoms with E-state index in [1.165, 1.54) is 5.56 Å². The summed E-state index contributed by atoms with van der Waals surface area (Å²) in [7, 11) is 1.68. The molecule has 0 aliphatic rings. The molecule has 3 rings (SSSR count). The standard InChI is InChI=1S/C21H26N2O2S/c1-5-26-18-11-10-17(25-4)20-19(18)22-21(23(20)12-13-24)16-8-6-15(7-9-16)14(2)3/h6-11,14,24H,5,12-13H2,1-4H3. The van der Waals surface area contributed by atoms with Gasteiger partial charge in [0.15, 0.2) is 0 Å². The van der Waals surface area contributed by atoms with Gasteiger partial charge in [0.25, 0.3) is 0 Å². The van der Waals surface area contributed by atoms with Crippen LogP contribution in [-0.4, -0.2) is 34.1 Å². The predicted molar refractivity (Wildman–Crippen MR) is 109 cm³/mol. The van der Waals surface area contributed by atoms with Gasteiger partial charge in [0, 0.05) is 17.0 Å². The summed E-state index contributed by atoms with van der Waals surface area (Å²) >= 11 is 1.77. The quantitative estimate of drug-likeness (QED) is 0.599. The number of nitrogens with zero attached hydrogens (tertiary/aromatic N) is 2. The van der Waals surface area contributed by atoms with Crippen molar-refractivity contribution in [2.45, 2.75) is 38.1 Å². The van der Waals surface area contributed by atoms with E-state index in [1.807, 2.05) is 6.07 Å². The number of thioether (sulfide) groups is 1. The minimum absolute atomic E-state index is 0.0524. The number of hydrogen-bond acceptors (Lipinski definition) is 4. The van der Waals surface area contributed by atoms with E-state index in [-0.39, 0.29) is 6.61 Å². The van der Waals surface area contributed by atoms with Gasteiger partial charge >= 0.3 is 0 Å². The summed E-state index contributed by atoms with van der Waals surface area (Å²) in [5.41, 5.74) is 4.24. The van der Waals surface area contributed by atoms with Gasteiger partial charge in [-0.25, -0.2) is 4.98 Å². The smallest absolute Gasteiger partial charge is 0.144 e. The maximum atomic E-state index is 9.63. The zero-order valence-corrected chi connectivity index (χ0v) is 16.6. The minimum atomic E-state index is 0.0524. The molecule has 0 amide bonds. The molecular formula is C21H26N2O2S. The van der Waals surface area contributed by atoms with Crippen molar-refractivity contribution < 1.29 is 9.84 Å². The van der Waals surface area contributed by atoms with Gasteiger partial charge in [0.2, 0.25) is 0 Å². The molecule has 1 heterocycles. The number of imidazole rings is 1. The van der Waals surface area contributed by atoms with Crippen molar-refractivity contribution in [3.63, 3.8) is 0 Å². The largest absolute Gasteiger partial charge is 0.494 e. The van der Waals surface area contributed by atoms with E-state index in [2.05, 4.69) is 55.7 Å². The molecule has 26 heavy (non-hydrogen) atoms. The van der Waals surface area contributed by atoms with Crippen LogP contribution in [0.5, 0.6) is 5.75 Å². The van der Waals surface area contributed by atoms with Crippen LogP contribution in [-0.2, 0) is 6.54 Å². The van der Waals surface area contributed by atoms with Gasteiger partial charge in [0.1, 0.15) is 22.6 Å². The van der Waals surface area contributed by atoms with E-state index in [0.717, 1.165) is 38.8 Å². The molecule has 2 aromatic carbocycles. The summed E-state index contributed by atoms with van der Waals surface area (Å²) in [6, 6.07) is 12.6. The molecule has 0 saturated heterocycles. The van der Waals surface area contributed by atoms with Gasteiger partial charge in [0.05, 0.1) is 13.7 Å². The number of methoxy groups -OCH3 is 1. The number of aliphatic hydroxyl groups is 1. The Morgan fingerprint density at radius 1 is 1.15 bits per heavy atom. The Hall–Kier alpha value is -1.98. The summed E-state index contributed by atoms with van der Waals surface area (Å²) in [6.45, 7) is 7.05. The summed E-state index contributed by atoms with van der Waals surface area (Å²) < 4.78 is 7.66. The van der Waals surface area contributed by atoms with Crippen LogP contribution >= 0.6 is 11.8 Å². The lowest BCUT2D eigenvalue weighted by Crippen LogP contribution is -2.05. The third-order valence-electron chi connectivity index (χ3n) is 4.50. The molecule has 0 radical (unpaired) electrons. The molecule has 4 nitrogen and oxygen atoms in total. The molecule has 0 bridgehead atoms. The molecule has 0 unspecified atom stereocenters. The van der Waals surface area contributed by atoms with Crippen LogP contribution in [0.25, 0.3) is 22.4 Å². The Morgan fingerprint density at radius 3 is 2.46 bits per heavy atom. The van der Waals surface area contributed by atoms with E-state index in [9.17, 15) is 5.11 Å². The monoisotopic (exact) mass is 370 g/mol. The molecule has 1 aromatic heterocycles. The molecule has 0 aliphatic heterocycles. The molecule has 0 fully saturated rings. The average molecular weight is 371 g/mol. The summed E-state index contributed by atoms with van der Waals surface area (Å²) in [4.78, 5) is 6.09. The number of hydrogen-bond donors (Lipinski definition) is 1. The van der Waals surface area contributed by atoms with Gasteiger partial charge in [-0.15, -0.1) is 11.8 Å². The fourth-order valence-electron chi connectivity index (χ4n) is 3.18. The number of benzene rings is 2. The second kappa shape index (κ2) is 8.14. The lowest BCUT2D eigenvalue weighted by molar-refractivity contribution is 0.278. The van der Waals surface area contributed by atoms with E-state index in [4.69, 9.17) is 9.72 Å². The van der Waals surface area contributed by atoms with Crippen LogP contribution in [0.2, 0.25) is 0 Å². The second-order valence-electron chi connectivity index (χ2n) is 6.48. The number of ether oxygens (including phenoxy) is 1. The highest BCUT2D eigenvalue weighted by molar-refractivity contribution is 7.99. The summed E-state index contributed by atoms with van der Waals surface area (Å²) in [5, 5.41) is 9.63. The number of fused-ring (bicyclic) bond motifs is 1. The van der Waals surface area contributed by atoms with Crippen molar-refractivity contribution in [1.29, 1.82) is 0 Å². The van der Waals surface area contributed by atoms with Gasteiger partial charge in [-0.05, 0) is 29.4 Å². The lowest BCUT2D eigenvalue weighted by Gasteiger charge is -2.11. The number of aliphatic hydroxyl groups excluding tert-OH is 1. The predicted octanol–water partition coefficient (Wildman–Crippen LogP) is 4.94. The molecule has 138 valence electrons. The van der Waals surface area contributed by atoms with E-state index in [1.54, 1.807) is 18.9 Å². The Kier molecular flexibility index (Phi) is 5.89. The third-order valence-corrected chi connectivity index (χ3v) is 5.43. The zero-order valence-electron chi connectivity index (χ0n) is 15.8. The first kappa shape index (κ1) is 18.8. The summed E-state index contributed by atoms with van der Waals surface area (Å²) in [6.07, 6.45) is 0. The third kappa shape index (κ3) is 3.46. The van der Waals surface area contributed by atoms with Crippen LogP contribution in [0.3, 0.4) is 0 Å². The highest BCUT2D eigenvalue weighted by Crippen LogP contribution is 2.37. The molecule has 0 atom stereocenters. The van der Waals surface area contributed by atoms with Crippen LogP contribution < -0.4 is 4.74 Å². The van der Waals surface area contributed by atoms with E-state index >= 15 is 0 Å². The van der Waals surface area contributed by atoms with Gasteiger partial charge in [-0.2, -0.15) is 0 Å². The first-order valence-corrected chi connectivity index (χ1v) is 10.0. The van der Waals surface area contributed by atoms with Gasteiger partial charge in [-0.1, -0.05) is 45.0 Å². The highest BCUT2D eigenvalue weighted by atomic mass is 32.2. The second-order valence-corrected chi connectivity index (χ2v) is 7.79. The van der Waals surface area contributed by atoms with E-state index in [0.29, 0.717) is 12.5 Å². The summed E-state index contributed by atoms with van der Waals surface area (Å²) in [5.74, 6) is 3.12. The molecule has 0 aliphatic carbocycles. The Morgan fingerprint density at radius 2 is 1.88 bits per heavy atom. The van der Waals surface area contributed by atoms with Crippen molar-refractivity contribution in [3.05, 3.63) is 42.0 Å². The molecule has 0 spiro atoms. The van der Waals surface area contributed by atoms with Crippen LogP contribution in [0.1, 0.15) is 32.3 Å². The van der Waals surface area contributed by atoms with Crippen molar-refractivity contribution in [2.75, 3.05) is 19.5 Å². The van der Waals surface area contributed by atoms with Gasteiger partial charge in [-0.3, -0.25) is 0 Å². The molecular weight excluding hydrogens is 344 g/mol. The average Bonchev–Trinajstić information content (AvgIpc) is 3.03. The molecule has 0 saturated carbocycles. The normalized spacial score (nSPS) is 11.5. The maximum absolute atomic E-state index is 9.63. The maximum Gasteiger partial charge on any atom is 0.144 e. The Balaban J connectivity index is 2.23. The van der Waals surface area contributed by atoms with Crippen LogP contribution in [0.15, 0.2) is 41.3 Å². The van der Waals surface area contributed by atoms with Crippen LogP contribution in [0, 0.1) is 0 Å². The van der Waals surface area contributed by atoms with E-state index < -0.39 is 0 Å². The van der Waals surface area contributed by atoms with Crippen molar-refractivity contribution in [3.8, 4) is 17.1 Å². The SMILES string of the molecule is CCSc1ccc(OC)c2c1nc(-c1ccc(C(C)C)cc1)n2CCO. The van der Waals surface area contributed by atoms with Crippen molar-refractivity contribution in [2.24, 2.45) is 0 Å². The first-order valence-electron chi connectivity index (χ1n) is 9.01. The van der Waals surface area contributed by atoms with Gasteiger partial charge < -0.3 is 14.4 Å². The molecule has 3 aromatic rings. The number of aromatic nitrogens is 2. The van der Waals surface area contributed by atoms with Crippen molar-refractivity contribution >= 4 is 22.8 Å². The fourth-order valence-corrected chi connectivity index (χ4v) is 3.93. The first-order chi connectivity index (χ1) is 12.6. The Bertz CT molecular complexity index is 885. The van der Waals surface area contributed by atoms with Crippen LogP contribution in [0.4, 0.5) is 0 Å². The zero-order chi connectivity index (χ0) is 18.7. The molecule has 5 heteroatoms.